The van der Waals surface area contributed by atoms with E-state index in [1.54, 1.807) is 0 Å². The summed E-state index contributed by atoms with van der Waals surface area (Å²) in [6, 6.07) is 0. The highest BCUT2D eigenvalue weighted by atomic mass is 16.7. The molecule has 86 valence electrons. The van der Waals surface area contributed by atoms with E-state index in [0.29, 0.717) is 13.2 Å². The molecule has 0 saturated heterocycles. The Balaban J connectivity index is 3.30. The summed E-state index contributed by atoms with van der Waals surface area (Å²) >= 11 is 0. The van der Waals surface area contributed by atoms with Crippen molar-refractivity contribution in [3.8, 4) is 0 Å². The van der Waals surface area contributed by atoms with Crippen LogP contribution in [0.3, 0.4) is 0 Å². The van der Waals surface area contributed by atoms with Gasteiger partial charge in [0.15, 0.2) is 6.29 Å². The number of aliphatic hydroxyl groups is 1. The topological polar surface area (TPSA) is 50.7 Å². The average Bonchev–Trinajstić information content (AvgIpc) is 2.18. The first-order chi connectivity index (χ1) is 6.85. The monoisotopic (exact) mass is 205 g/mol. The highest BCUT2D eigenvalue weighted by Crippen LogP contribution is 1.99. The molecule has 0 fully saturated rings. The zero-order valence-corrected chi connectivity index (χ0v) is 9.29. The molecule has 0 bridgehead atoms. The van der Waals surface area contributed by atoms with Crippen LogP contribution in [0.2, 0.25) is 0 Å². The van der Waals surface area contributed by atoms with Crippen molar-refractivity contribution >= 4 is 0 Å². The van der Waals surface area contributed by atoms with Crippen LogP contribution in [0.15, 0.2) is 0 Å². The van der Waals surface area contributed by atoms with Gasteiger partial charge in [0.1, 0.15) is 0 Å². The Morgan fingerprint density at radius 1 is 1.14 bits per heavy atom. The van der Waals surface area contributed by atoms with Crippen LogP contribution in [-0.2, 0) is 9.47 Å². The number of nitrogens with one attached hydrogen (secondary N) is 1. The van der Waals surface area contributed by atoms with Crippen LogP contribution >= 0.6 is 0 Å². The largest absolute Gasteiger partial charge is 0.396 e. The minimum atomic E-state index is -0.0911. The van der Waals surface area contributed by atoms with Crippen LogP contribution in [0.5, 0.6) is 0 Å². The van der Waals surface area contributed by atoms with E-state index in [1.165, 1.54) is 0 Å². The van der Waals surface area contributed by atoms with E-state index in [2.05, 4.69) is 5.32 Å². The summed E-state index contributed by atoms with van der Waals surface area (Å²) in [6.07, 6.45) is 1.56. The molecule has 0 aliphatic heterocycles. The quantitative estimate of drug-likeness (QED) is 0.408. The van der Waals surface area contributed by atoms with E-state index < -0.39 is 0 Å². The van der Waals surface area contributed by atoms with E-state index in [0.717, 1.165) is 25.9 Å². The molecular weight excluding hydrogens is 182 g/mol. The van der Waals surface area contributed by atoms with Crippen molar-refractivity contribution in [1.82, 2.24) is 5.32 Å². The van der Waals surface area contributed by atoms with Gasteiger partial charge in [0, 0.05) is 26.2 Å². The lowest BCUT2D eigenvalue weighted by atomic mass is 10.4. The van der Waals surface area contributed by atoms with Crippen LogP contribution in [-0.4, -0.2) is 44.3 Å². The van der Waals surface area contributed by atoms with Crippen LogP contribution in [0.1, 0.15) is 26.7 Å². The van der Waals surface area contributed by atoms with Gasteiger partial charge in [0.2, 0.25) is 0 Å². The Bertz CT molecular complexity index is 106. The molecule has 0 radical (unpaired) electrons. The summed E-state index contributed by atoms with van der Waals surface area (Å²) in [5, 5.41) is 11.8. The van der Waals surface area contributed by atoms with Gasteiger partial charge in [-0.05, 0) is 33.4 Å². The SMILES string of the molecule is CCOC(CCNCCCO)OCC. The predicted molar refractivity (Wildman–Crippen MR) is 56.2 cm³/mol. The van der Waals surface area contributed by atoms with Gasteiger partial charge >= 0.3 is 0 Å². The Kier molecular flexibility index (Phi) is 10.8. The number of aliphatic hydroxyl groups excluding tert-OH is 1. The van der Waals surface area contributed by atoms with Crippen molar-refractivity contribution in [3.05, 3.63) is 0 Å². The third kappa shape index (κ3) is 8.44. The number of hydrogen-bond acceptors (Lipinski definition) is 4. The number of hydrogen-bond donors (Lipinski definition) is 2. The van der Waals surface area contributed by atoms with Gasteiger partial charge in [0.25, 0.3) is 0 Å². The van der Waals surface area contributed by atoms with Gasteiger partial charge in [-0.3, -0.25) is 0 Å². The number of ether oxygens (including phenoxy) is 2. The summed E-state index contributed by atoms with van der Waals surface area (Å²) in [4.78, 5) is 0. The second kappa shape index (κ2) is 10.9. The molecule has 0 saturated carbocycles. The molecule has 0 rings (SSSR count). The lowest BCUT2D eigenvalue weighted by Gasteiger charge is -2.16. The highest BCUT2D eigenvalue weighted by Gasteiger charge is 2.06. The smallest absolute Gasteiger partial charge is 0.158 e. The second-order valence-electron chi connectivity index (χ2n) is 2.96. The molecule has 0 heterocycles. The fourth-order valence-electron chi connectivity index (χ4n) is 1.14. The Morgan fingerprint density at radius 2 is 1.79 bits per heavy atom. The predicted octanol–water partition coefficient (Wildman–Crippen LogP) is 0.748. The molecule has 4 heteroatoms. The van der Waals surface area contributed by atoms with Gasteiger partial charge < -0.3 is 19.9 Å². The second-order valence-corrected chi connectivity index (χ2v) is 2.96. The average molecular weight is 205 g/mol. The van der Waals surface area contributed by atoms with E-state index in [9.17, 15) is 0 Å². The van der Waals surface area contributed by atoms with Gasteiger partial charge in [-0.25, -0.2) is 0 Å². The summed E-state index contributed by atoms with van der Waals surface area (Å²) in [5.41, 5.74) is 0. The molecule has 0 unspecified atom stereocenters. The van der Waals surface area contributed by atoms with Crippen molar-refractivity contribution in [3.63, 3.8) is 0 Å². The lowest BCUT2D eigenvalue weighted by molar-refractivity contribution is -0.138. The van der Waals surface area contributed by atoms with Gasteiger partial charge in [-0.2, -0.15) is 0 Å². The van der Waals surface area contributed by atoms with E-state index in [4.69, 9.17) is 14.6 Å². The fraction of sp³-hybridized carbons (Fsp3) is 1.00. The van der Waals surface area contributed by atoms with E-state index in [-0.39, 0.29) is 12.9 Å². The molecule has 0 amide bonds. The summed E-state index contributed by atoms with van der Waals surface area (Å²) in [7, 11) is 0. The Labute approximate surface area is 86.6 Å². The van der Waals surface area contributed by atoms with Crippen molar-refractivity contribution < 1.29 is 14.6 Å². The van der Waals surface area contributed by atoms with Crippen molar-refractivity contribution in [2.24, 2.45) is 0 Å². The maximum absolute atomic E-state index is 8.55. The standard InChI is InChI=1S/C10H23NO3/c1-3-13-10(14-4-2)6-8-11-7-5-9-12/h10-12H,3-9H2,1-2H3. The summed E-state index contributed by atoms with van der Waals surface area (Å²) in [5.74, 6) is 0. The zero-order chi connectivity index (χ0) is 10.6. The first kappa shape index (κ1) is 13.8. The first-order valence-corrected chi connectivity index (χ1v) is 5.39. The lowest BCUT2D eigenvalue weighted by Crippen LogP contribution is -2.25. The van der Waals surface area contributed by atoms with Crippen LogP contribution in [0, 0.1) is 0 Å². The molecule has 0 aliphatic carbocycles. The molecule has 0 aromatic carbocycles. The molecule has 0 aliphatic rings. The van der Waals surface area contributed by atoms with Gasteiger partial charge in [-0.1, -0.05) is 0 Å². The Morgan fingerprint density at radius 3 is 2.29 bits per heavy atom. The minimum absolute atomic E-state index is 0.0911. The maximum atomic E-state index is 8.55. The zero-order valence-electron chi connectivity index (χ0n) is 9.29. The maximum Gasteiger partial charge on any atom is 0.158 e. The summed E-state index contributed by atoms with van der Waals surface area (Å²) in [6.45, 7) is 7.25. The van der Waals surface area contributed by atoms with Crippen LogP contribution in [0.25, 0.3) is 0 Å². The molecule has 0 atom stereocenters. The third-order valence-corrected chi connectivity index (χ3v) is 1.77. The van der Waals surface area contributed by atoms with Crippen LogP contribution < -0.4 is 5.32 Å². The first-order valence-electron chi connectivity index (χ1n) is 5.39. The molecule has 4 nitrogen and oxygen atoms in total. The fourth-order valence-corrected chi connectivity index (χ4v) is 1.14. The normalized spacial score (nSPS) is 11.1. The van der Waals surface area contributed by atoms with Gasteiger partial charge in [-0.15, -0.1) is 0 Å². The van der Waals surface area contributed by atoms with Crippen LogP contribution in [0.4, 0.5) is 0 Å². The molecule has 0 aromatic rings. The van der Waals surface area contributed by atoms with E-state index >= 15 is 0 Å². The summed E-state index contributed by atoms with van der Waals surface area (Å²) < 4.78 is 10.8. The molecule has 2 N–H and O–H groups in total. The number of rotatable bonds is 10. The highest BCUT2D eigenvalue weighted by molar-refractivity contribution is 4.51. The van der Waals surface area contributed by atoms with Crippen molar-refractivity contribution in [2.75, 3.05) is 32.9 Å². The Hall–Kier alpha value is -0.160. The van der Waals surface area contributed by atoms with Gasteiger partial charge in [0.05, 0.1) is 0 Å². The minimum Gasteiger partial charge on any atom is -0.396 e. The van der Waals surface area contributed by atoms with Crippen molar-refractivity contribution in [2.45, 2.75) is 33.0 Å². The van der Waals surface area contributed by atoms with Crippen molar-refractivity contribution in [1.29, 1.82) is 0 Å². The molecule has 0 aromatic heterocycles. The molecule has 0 spiro atoms. The van der Waals surface area contributed by atoms with E-state index in [1.807, 2.05) is 13.8 Å². The molecule has 14 heavy (non-hydrogen) atoms. The molecular formula is C10H23NO3. The third-order valence-electron chi connectivity index (χ3n) is 1.77.